The van der Waals surface area contributed by atoms with Crippen molar-refractivity contribution in [2.24, 2.45) is 0 Å². The van der Waals surface area contributed by atoms with Gasteiger partial charge < -0.3 is 4.90 Å². The Balaban J connectivity index is 2.08. The van der Waals surface area contributed by atoms with Crippen LogP contribution in [0.15, 0.2) is 23.1 Å². The Bertz CT molecular complexity index is 614. The lowest BCUT2D eigenvalue weighted by Crippen LogP contribution is -2.33. The van der Waals surface area contributed by atoms with Gasteiger partial charge in [-0.15, -0.1) is 11.8 Å². The maximum Gasteiger partial charge on any atom is 0.416 e. The summed E-state index contributed by atoms with van der Waals surface area (Å²) in [4.78, 5) is 24.1. The van der Waals surface area contributed by atoms with Crippen molar-refractivity contribution >= 4 is 23.4 Å². The Morgan fingerprint density at radius 3 is 2.38 bits per heavy atom. The first-order valence-electron chi connectivity index (χ1n) is 7.55. The van der Waals surface area contributed by atoms with Crippen molar-refractivity contribution in [1.82, 2.24) is 4.90 Å². The third-order valence-electron chi connectivity index (χ3n) is 3.79. The van der Waals surface area contributed by atoms with E-state index < -0.39 is 22.4 Å². The lowest BCUT2D eigenvalue weighted by molar-refractivity contribution is -0.388. The largest absolute Gasteiger partial charge is 0.416 e. The van der Waals surface area contributed by atoms with Gasteiger partial charge in [-0.05, 0) is 25.0 Å². The van der Waals surface area contributed by atoms with Crippen LogP contribution < -0.4 is 0 Å². The highest BCUT2D eigenvalue weighted by molar-refractivity contribution is 8.00. The highest BCUT2D eigenvalue weighted by atomic mass is 32.2. The highest BCUT2D eigenvalue weighted by Crippen LogP contribution is 2.36. The molecule has 132 valence electrons. The molecule has 0 unspecified atom stereocenters. The van der Waals surface area contributed by atoms with Gasteiger partial charge in [-0.3, -0.25) is 14.9 Å². The Labute approximate surface area is 141 Å². The normalized spacial score (nSPS) is 15.9. The number of nitro groups is 1. The average Bonchev–Trinajstić information content (AvgIpc) is 2.80. The Kier molecular flexibility index (Phi) is 6.09. The first-order chi connectivity index (χ1) is 11.3. The summed E-state index contributed by atoms with van der Waals surface area (Å²) in [6.07, 6.45) is -0.647. The van der Waals surface area contributed by atoms with Crippen LogP contribution in [0.25, 0.3) is 0 Å². The van der Waals surface area contributed by atoms with Gasteiger partial charge in [-0.25, -0.2) is 0 Å². The molecule has 24 heavy (non-hydrogen) atoms. The van der Waals surface area contributed by atoms with E-state index in [-0.39, 0.29) is 16.6 Å². The van der Waals surface area contributed by atoms with Crippen molar-refractivity contribution < 1.29 is 22.9 Å². The molecule has 1 aliphatic heterocycles. The third-order valence-corrected chi connectivity index (χ3v) is 4.84. The summed E-state index contributed by atoms with van der Waals surface area (Å²) in [5, 5.41) is 11.0. The Morgan fingerprint density at radius 1 is 1.21 bits per heavy atom. The fourth-order valence-electron chi connectivity index (χ4n) is 2.51. The van der Waals surface area contributed by atoms with E-state index in [9.17, 15) is 28.1 Å². The summed E-state index contributed by atoms with van der Waals surface area (Å²) in [5.41, 5.74) is -1.70. The van der Waals surface area contributed by atoms with E-state index in [0.29, 0.717) is 19.2 Å². The second-order valence-corrected chi connectivity index (χ2v) is 6.54. The lowest BCUT2D eigenvalue weighted by atomic mass is 10.2. The predicted octanol–water partition coefficient (Wildman–Crippen LogP) is 4.11. The number of amides is 1. The molecule has 1 aliphatic rings. The van der Waals surface area contributed by atoms with Crippen LogP contribution in [0.4, 0.5) is 18.9 Å². The minimum absolute atomic E-state index is 0.0216. The molecule has 9 heteroatoms. The maximum absolute atomic E-state index is 12.7. The summed E-state index contributed by atoms with van der Waals surface area (Å²) < 4.78 is 38.0. The van der Waals surface area contributed by atoms with Crippen LogP contribution in [0.3, 0.4) is 0 Å². The summed E-state index contributed by atoms with van der Waals surface area (Å²) >= 11 is 0.903. The molecule has 0 atom stereocenters. The quantitative estimate of drug-likeness (QED) is 0.459. The molecule has 0 aromatic heterocycles. The molecule has 0 N–H and O–H groups in total. The predicted molar refractivity (Wildman–Crippen MR) is 83.9 cm³/mol. The fraction of sp³-hybridized carbons (Fsp3) is 0.533. The second kappa shape index (κ2) is 7.87. The number of alkyl halides is 3. The van der Waals surface area contributed by atoms with Crippen LogP contribution in [-0.2, 0) is 11.0 Å². The molecule has 0 bridgehead atoms. The molecule has 1 fully saturated rings. The number of carbonyl (C=O) groups excluding carboxylic acids is 1. The minimum atomic E-state index is -4.64. The van der Waals surface area contributed by atoms with Crippen LogP contribution >= 0.6 is 11.8 Å². The van der Waals surface area contributed by atoms with Gasteiger partial charge in [0.2, 0.25) is 5.91 Å². The first kappa shape index (κ1) is 18.6. The number of hydrogen-bond donors (Lipinski definition) is 0. The van der Waals surface area contributed by atoms with Gasteiger partial charge >= 0.3 is 6.18 Å². The molecule has 0 spiro atoms. The summed E-state index contributed by atoms with van der Waals surface area (Å²) in [5.74, 6) is -0.164. The monoisotopic (exact) mass is 362 g/mol. The van der Waals surface area contributed by atoms with Gasteiger partial charge in [-0.1, -0.05) is 12.8 Å². The summed E-state index contributed by atoms with van der Waals surface area (Å²) in [6.45, 7) is 1.32. The van der Waals surface area contributed by atoms with Crippen LogP contribution in [0.2, 0.25) is 0 Å². The van der Waals surface area contributed by atoms with Crippen molar-refractivity contribution in [3.8, 4) is 0 Å². The Hall–Kier alpha value is -1.77. The molecule has 0 radical (unpaired) electrons. The van der Waals surface area contributed by atoms with E-state index >= 15 is 0 Å². The molecule has 1 aromatic carbocycles. The van der Waals surface area contributed by atoms with E-state index in [1.165, 1.54) is 0 Å². The fourth-order valence-corrected chi connectivity index (χ4v) is 3.42. The molecule has 0 saturated carbocycles. The molecule has 1 heterocycles. The van der Waals surface area contributed by atoms with E-state index in [4.69, 9.17) is 0 Å². The molecule has 2 rings (SSSR count). The van der Waals surface area contributed by atoms with Gasteiger partial charge in [0.05, 0.1) is 21.1 Å². The summed E-state index contributed by atoms with van der Waals surface area (Å²) in [7, 11) is 0. The summed E-state index contributed by atoms with van der Waals surface area (Å²) in [6, 6.07) is 2.37. The zero-order valence-corrected chi connectivity index (χ0v) is 13.7. The molecular formula is C15H17F3N2O3S. The average molecular weight is 362 g/mol. The SMILES string of the molecule is O=C(CSc1ccc(C(F)(F)F)cc1[N+](=O)[O-])N1CCCCCC1. The van der Waals surface area contributed by atoms with E-state index in [0.717, 1.165) is 49.6 Å². The number of halogens is 3. The van der Waals surface area contributed by atoms with E-state index in [1.54, 1.807) is 4.90 Å². The highest BCUT2D eigenvalue weighted by Gasteiger charge is 2.33. The minimum Gasteiger partial charge on any atom is -0.342 e. The van der Waals surface area contributed by atoms with Crippen LogP contribution in [0.1, 0.15) is 31.2 Å². The topological polar surface area (TPSA) is 63.4 Å². The zero-order chi connectivity index (χ0) is 17.7. The number of likely N-dealkylation sites (tertiary alicyclic amines) is 1. The Morgan fingerprint density at radius 2 is 1.83 bits per heavy atom. The van der Waals surface area contributed by atoms with Crippen molar-refractivity contribution in [1.29, 1.82) is 0 Å². The second-order valence-electron chi connectivity index (χ2n) is 5.52. The number of carbonyl (C=O) groups is 1. The van der Waals surface area contributed by atoms with Gasteiger partial charge in [-0.2, -0.15) is 13.2 Å². The number of hydrogen-bond acceptors (Lipinski definition) is 4. The van der Waals surface area contributed by atoms with Crippen molar-refractivity contribution in [2.75, 3.05) is 18.8 Å². The standard InChI is InChI=1S/C15H17F3N2O3S/c16-15(17,18)11-5-6-13(12(9-11)20(22)23)24-10-14(21)19-7-3-1-2-4-8-19/h5-6,9H,1-4,7-8,10H2. The van der Waals surface area contributed by atoms with Crippen molar-refractivity contribution in [3.05, 3.63) is 33.9 Å². The van der Waals surface area contributed by atoms with E-state index in [1.807, 2.05) is 0 Å². The number of nitro benzene ring substituents is 1. The van der Waals surface area contributed by atoms with Crippen molar-refractivity contribution in [3.63, 3.8) is 0 Å². The van der Waals surface area contributed by atoms with E-state index in [2.05, 4.69) is 0 Å². The molecular weight excluding hydrogens is 345 g/mol. The van der Waals surface area contributed by atoms with Gasteiger partial charge in [0.15, 0.2) is 0 Å². The van der Waals surface area contributed by atoms with Gasteiger partial charge in [0, 0.05) is 19.2 Å². The number of benzene rings is 1. The number of rotatable bonds is 4. The lowest BCUT2D eigenvalue weighted by Gasteiger charge is -2.20. The number of thioether (sulfide) groups is 1. The van der Waals surface area contributed by atoms with Crippen molar-refractivity contribution in [2.45, 2.75) is 36.8 Å². The van der Waals surface area contributed by atoms with Crippen LogP contribution in [0, 0.1) is 10.1 Å². The number of nitrogens with zero attached hydrogens (tertiary/aromatic N) is 2. The van der Waals surface area contributed by atoms with Crippen LogP contribution in [0.5, 0.6) is 0 Å². The first-order valence-corrected chi connectivity index (χ1v) is 8.54. The molecule has 1 aromatic rings. The van der Waals surface area contributed by atoms with Gasteiger partial charge in [0.25, 0.3) is 5.69 Å². The maximum atomic E-state index is 12.7. The molecule has 1 amide bonds. The molecule has 0 aliphatic carbocycles. The van der Waals surface area contributed by atoms with Gasteiger partial charge in [0.1, 0.15) is 0 Å². The zero-order valence-electron chi connectivity index (χ0n) is 12.8. The molecule has 1 saturated heterocycles. The third kappa shape index (κ3) is 4.86. The smallest absolute Gasteiger partial charge is 0.342 e. The van der Waals surface area contributed by atoms with Crippen LogP contribution in [-0.4, -0.2) is 34.6 Å². The molecule has 5 nitrogen and oxygen atoms in total.